The Morgan fingerprint density at radius 2 is 2.14 bits per heavy atom. The number of hydrogen-bond donors (Lipinski definition) is 2. The standard InChI is InChI=1S/C11H9BrN8O/c12-7-4-8(6-14-5-7)21-11-17-9(19-13)16-10(18-11)20-3-1-2-15-20/h1-6H,13H2,(H,16,17,18,19). The fourth-order valence-electron chi connectivity index (χ4n) is 1.50. The predicted molar refractivity (Wildman–Crippen MR) is 76.8 cm³/mol. The van der Waals surface area contributed by atoms with Gasteiger partial charge in [-0.05, 0) is 28.1 Å². The van der Waals surface area contributed by atoms with E-state index in [0.29, 0.717) is 5.75 Å². The zero-order valence-corrected chi connectivity index (χ0v) is 12.1. The lowest BCUT2D eigenvalue weighted by molar-refractivity contribution is 0.436. The summed E-state index contributed by atoms with van der Waals surface area (Å²) in [6.07, 6.45) is 6.48. The second kappa shape index (κ2) is 5.81. The molecule has 10 heteroatoms. The smallest absolute Gasteiger partial charge is 0.328 e. The van der Waals surface area contributed by atoms with Gasteiger partial charge in [0.2, 0.25) is 5.95 Å². The van der Waals surface area contributed by atoms with Gasteiger partial charge in [0.1, 0.15) is 0 Å². The molecule has 0 radical (unpaired) electrons. The van der Waals surface area contributed by atoms with E-state index in [9.17, 15) is 0 Å². The van der Waals surface area contributed by atoms with Gasteiger partial charge in [0, 0.05) is 23.1 Å². The van der Waals surface area contributed by atoms with Crippen LogP contribution in [0.3, 0.4) is 0 Å². The first-order valence-electron chi connectivity index (χ1n) is 5.76. The highest BCUT2D eigenvalue weighted by Crippen LogP contribution is 2.21. The molecule has 0 aliphatic rings. The van der Waals surface area contributed by atoms with Crippen LogP contribution in [0.1, 0.15) is 0 Å². The van der Waals surface area contributed by atoms with Crippen molar-refractivity contribution in [2.75, 3.05) is 5.43 Å². The zero-order valence-electron chi connectivity index (χ0n) is 10.5. The summed E-state index contributed by atoms with van der Waals surface area (Å²) in [6.45, 7) is 0. The van der Waals surface area contributed by atoms with Gasteiger partial charge in [0.15, 0.2) is 5.75 Å². The third-order valence-corrected chi connectivity index (χ3v) is 2.76. The number of nitrogens with zero attached hydrogens (tertiary/aromatic N) is 6. The number of ether oxygens (including phenoxy) is 1. The van der Waals surface area contributed by atoms with Crippen molar-refractivity contribution in [3.8, 4) is 17.7 Å². The molecule has 0 unspecified atom stereocenters. The lowest BCUT2D eigenvalue weighted by Crippen LogP contribution is -2.14. The number of nitrogens with two attached hydrogens (primary N) is 1. The molecular weight excluding hydrogens is 340 g/mol. The van der Waals surface area contributed by atoms with Crippen molar-refractivity contribution in [1.82, 2.24) is 29.7 Å². The normalized spacial score (nSPS) is 10.4. The van der Waals surface area contributed by atoms with Crippen molar-refractivity contribution in [1.29, 1.82) is 0 Å². The second-order valence-electron chi connectivity index (χ2n) is 3.78. The lowest BCUT2D eigenvalue weighted by atomic mass is 10.5. The Morgan fingerprint density at radius 1 is 1.24 bits per heavy atom. The van der Waals surface area contributed by atoms with Crippen molar-refractivity contribution in [2.24, 2.45) is 5.84 Å². The number of hydrazine groups is 1. The quantitative estimate of drug-likeness (QED) is 0.535. The van der Waals surface area contributed by atoms with Gasteiger partial charge >= 0.3 is 6.01 Å². The van der Waals surface area contributed by atoms with E-state index in [4.69, 9.17) is 10.6 Å². The SMILES string of the molecule is NNc1nc(Oc2cncc(Br)c2)nc(-n2cccn2)n1. The maximum absolute atomic E-state index is 5.55. The van der Waals surface area contributed by atoms with E-state index >= 15 is 0 Å². The molecule has 21 heavy (non-hydrogen) atoms. The summed E-state index contributed by atoms with van der Waals surface area (Å²) < 4.78 is 7.79. The topological polar surface area (TPSA) is 117 Å². The van der Waals surface area contributed by atoms with E-state index in [1.807, 2.05) is 0 Å². The molecule has 0 saturated heterocycles. The van der Waals surface area contributed by atoms with Crippen LogP contribution in [0.5, 0.6) is 11.8 Å². The van der Waals surface area contributed by atoms with Crippen LogP contribution < -0.4 is 16.0 Å². The minimum Gasteiger partial charge on any atom is -0.422 e. The van der Waals surface area contributed by atoms with E-state index in [1.54, 1.807) is 30.7 Å². The molecule has 3 aromatic rings. The van der Waals surface area contributed by atoms with E-state index < -0.39 is 0 Å². The average molecular weight is 349 g/mol. The fourth-order valence-corrected chi connectivity index (χ4v) is 1.84. The maximum Gasteiger partial charge on any atom is 0.328 e. The Kier molecular flexibility index (Phi) is 3.71. The Bertz CT molecular complexity index is 748. The number of rotatable bonds is 4. The van der Waals surface area contributed by atoms with Gasteiger partial charge in [-0.3, -0.25) is 10.4 Å². The second-order valence-corrected chi connectivity index (χ2v) is 4.69. The highest BCUT2D eigenvalue weighted by atomic mass is 79.9. The van der Waals surface area contributed by atoms with Crippen LogP contribution in [0.4, 0.5) is 5.95 Å². The molecule has 0 spiro atoms. The number of halogens is 1. The first-order valence-corrected chi connectivity index (χ1v) is 6.55. The Morgan fingerprint density at radius 3 is 2.86 bits per heavy atom. The molecule has 3 rings (SSSR count). The first-order chi connectivity index (χ1) is 10.2. The molecule has 0 saturated carbocycles. The fraction of sp³-hybridized carbons (Fsp3) is 0. The van der Waals surface area contributed by atoms with Crippen LogP contribution in [0.15, 0.2) is 41.4 Å². The molecule has 0 aromatic carbocycles. The summed E-state index contributed by atoms with van der Waals surface area (Å²) in [4.78, 5) is 16.3. The molecule has 0 aliphatic heterocycles. The van der Waals surface area contributed by atoms with Crippen molar-refractivity contribution in [3.63, 3.8) is 0 Å². The molecule has 3 N–H and O–H groups in total. The van der Waals surface area contributed by atoms with Gasteiger partial charge in [-0.1, -0.05) is 0 Å². The molecule has 0 bridgehead atoms. The largest absolute Gasteiger partial charge is 0.422 e. The van der Waals surface area contributed by atoms with E-state index in [0.717, 1.165) is 4.47 Å². The van der Waals surface area contributed by atoms with Crippen molar-refractivity contribution >= 4 is 21.9 Å². The summed E-state index contributed by atoms with van der Waals surface area (Å²) >= 11 is 3.31. The van der Waals surface area contributed by atoms with Crippen LogP contribution in [-0.2, 0) is 0 Å². The third-order valence-electron chi connectivity index (χ3n) is 2.33. The molecule has 0 amide bonds. The number of aromatic nitrogens is 6. The van der Waals surface area contributed by atoms with Gasteiger partial charge in [-0.2, -0.15) is 20.1 Å². The van der Waals surface area contributed by atoms with Crippen molar-refractivity contribution in [3.05, 3.63) is 41.4 Å². The summed E-state index contributed by atoms with van der Waals surface area (Å²) in [5.41, 5.74) is 2.36. The van der Waals surface area contributed by atoms with Crippen LogP contribution in [-0.4, -0.2) is 29.7 Å². The van der Waals surface area contributed by atoms with Crippen molar-refractivity contribution in [2.45, 2.75) is 0 Å². The number of anilines is 1. The minimum absolute atomic E-state index is 0.0725. The monoisotopic (exact) mass is 348 g/mol. The Balaban J connectivity index is 1.96. The molecule has 9 nitrogen and oxygen atoms in total. The van der Waals surface area contributed by atoms with Crippen LogP contribution in [0.25, 0.3) is 5.95 Å². The minimum atomic E-state index is 0.0725. The Hall–Kier alpha value is -2.59. The number of nitrogens with one attached hydrogen (secondary N) is 1. The van der Waals surface area contributed by atoms with Gasteiger partial charge in [-0.25, -0.2) is 10.5 Å². The van der Waals surface area contributed by atoms with Crippen LogP contribution >= 0.6 is 15.9 Å². The lowest BCUT2D eigenvalue weighted by Gasteiger charge is -2.07. The Labute approximate surface area is 127 Å². The summed E-state index contributed by atoms with van der Waals surface area (Å²) in [5, 5.41) is 4.04. The highest BCUT2D eigenvalue weighted by Gasteiger charge is 2.10. The van der Waals surface area contributed by atoms with Crippen LogP contribution in [0.2, 0.25) is 0 Å². The first kappa shape index (κ1) is 13.4. The zero-order chi connectivity index (χ0) is 14.7. The molecule has 0 fully saturated rings. The van der Waals surface area contributed by atoms with Gasteiger partial charge in [-0.15, -0.1) is 0 Å². The molecule has 106 valence electrons. The number of hydrogen-bond acceptors (Lipinski definition) is 8. The number of nitrogen functional groups attached to an aromatic ring is 1. The van der Waals surface area contributed by atoms with E-state index in [1.165, 1.54) is 10.9 Å². The summed E-state index contributed by atoms with van der Waals surface area (Å²) in [5.74, 6) is 6.27. The van der Waals surface area contributed by atoms with Crippen LogP contribution in [0, 0.1) is 0 Å². The molecule has 0 aliphatic carbocycles. The third kappa shape index (κ3) is 3.12. The van der Waals surface area contributed by atoms with Crippen molar-refractivity contribution < 1.29 is 4.74 Å². The van der Waals surface area contributed by atoms with E-state index in [2.05, 4.69) is 46.4 Å². The van der Waals surface area contributed by atoms with Gasteiger partial charge in [0.25, 0.3) is 5.95 Å². The number of pyridine rings is 1. The highest BCUT2D eigenvalue weighted by molar-refractivity contribution is 9.10. The average Bonchev–Trinajstić information content (AvgIpc) is 3.01. The molecular formula is C11H9BrN8O. The molecule has 0 atom stereocenters. The molecule has 3 aromatic heterocycles. The van der Waals surface area contributed by atoms with Gasteiger partial charge < -0.3 is 4.74 Å². The molecule has 3 heterocycles. The van der Waals surface area contributed by atoms with Gasteiger partial charge in [0.05, 0.1) is 6.20 Å². The predicted octanol–water partition coefficient (Wildman–Crippen LogP) is 1.29. The summed E-state index contributed by atoms with van der Waals surface area (Å²) in [6, 6.07) is 3.56. The maximum atomic E-state index is 5.55. The van der Waals surface area contributed by atoms with E-state index in [-0.39, 0.29) is 17.9 Å². The summed E-state index contributed by atoms with van der Waals surface area (Å²) in [7, 11) is 0.